The Morgan fingerprint density at radius 1 is 1.14 bits per heavy atom. The number of carbonyl (C=O) groups excluding carboxylic acids is 1. The molecule has 2 heterocycles. The van der Waals surface area contributed by atoms with E-state index in [1.807, 2.05) is 29.2 Å². The number of carbonyl (C=O) groups is 1. The fourth-order valence-corrected chi connectivity index (χ4v) is 6.59. The molecule has 2 aromatic rings. The topological polar surface area (TPSA) is 85.2 Å². The lowest BCUT2D eigenvalue weighted by Gasteiger charge is -2.38. The summed E-state index contributed by atoms with van der Waals surface area (Å²) in [5.74, 6) is 0.117. The Kier molecular flexibility index (Phi) is 5.42. The van der Waals surface area contributed by atoms with E-state index in [-0.39, 0.29) is 11.1 Å². The summed E-state index contributed by atoms with van der Waals surface area (Å²) < 4.78 is 27.2. The molecule has 29 heavy (non-hydrogen) atoms. The van der Waals surface area contributed by atoms with Crippen molar-refractivity contribution in [1.82, 2.24) is 19.7 Å². The van der Waals surface area contributed by atoms with Crippen molar-refractivity contribution in [2.45, 2.75) is 54.3 Å². The normalized spacial score (nSPS) is 20.1. The summed E-state index contributed by atoms with van der Waals surface area (Å²) in [5, 5.41) is 7.57. The SMILES string of the molecule is Cn1cnnc1S(=O)(=O)C1CCN(C(=O)C2(c3ccc(Cl)cc3)CCCC2)CC1. The van der Waals surface area contributed by atoms with Gasteiger partial charge in [0.05, 0.1) is 10.7 Å². The molecule has 0 N–H and O–H groups in total. The lowest BCUT2D eigenvalue weighted by Crippen LogP contribution is -2.50. The second kappa shape index (κ2) is 7.72. The molecule has 2 fully saturated rings. The van der Waals surface area contributed by atoms with Crippen LogP contribution in [0, 0.1) is 0 Å². The van der Waals surface area contributed by atoms with Crippen molar-refractivity contribution in [2.24, 2.45) is 7.05 Å². The molecule has 1 saturated heterocycles. The van der Waals surface area contributed by atoms with Gasteiger partial charge in [-0.1, -0.05) is 36.6 Å². The van der Waals surface area contributed by atoms with E-state index < -0.39 is 20.5 Å². The monoisotopic (exact) mass is 436 g/mol. The van der Waals surface area contributed by atoms with E-state index in [1.165, 1.54) is 10.9 Å². The van der Waals surface area contributed by atoms with Gasteiger partial charge in [0.25, 0.3) is 0 Å². The summed E-state index contributed by atoms with van der Waals surface area (Å²) in [5.41, 5.74) is 0.498. The van der Waals surface area contributed by atoms with Crippen LogP contribution in [0.3, 0.4) is 0 Å². The molecular formula is C20H25ClN4O3S. The molecular weight excluding hydrogens is 412 g/mol. The zero-order valence-electron chi connectivity index (χ0n) is 16.4. The van der Waals surface area contributed by atoms with Crippen LogP contribution in [0.4, 0.5) is 0 Å². The van der Waals surface area contributed by atoms with Crippen molar-refractivity contribution < 1.29 is 13.2 Å². The Morgan fingerprint density at radius 3 is 2.31 bits per heavy atom. The second-order valence-corrected chi connectivity index (χ2v) is 10.6. The van der Waals surface area contributed by atoms with Crippen molar-refractivity contribution in [3.63, 3.8) is 0 Å². The van der Waals surface area contributed by atoms with E-state index in [1.54, 1.807) is 7.05 Å². The predicted octanol–water partition coefficient (Wildman–Crippen LogP) is 2.75. The van der Waals surface area contributed by atoms with E-state index in [2.05, 4.69) is 10.2 Å². The number of nitrogens with zero attached hydrogens (tertiary/aromatic N) is 4. The van der Waals surface area contributed by atoms with Crippen molar-refractivity contribution in [2.75, 3.05) is 13.1 Å². The van der Waals surface area contributed by atoms with Gasteiger partial charge < -0.3 is 9.47 Å². The third-order valence-electron chi connectivity index (χ3n) is 6.36. The van der Waals surface area contributed by atoms with Crippen LogP contribution in [0.2, 0.25) is 5.02 Å². The number of piperidine rings is 1. The standard InChI is InChI=1S/C20H25ClN4O3S/c1-24-14-22-23-19(24)29(27,28)17-8-12-25(13-9-17)18(26)20(10-2-3-11-20)15-4-6-16(21)7-5-15/h4-7,14,17H,2-3,8-13H2,1H3. The van der Waals surface area contributed by atoms with Crippen LogP contribution in [-0.4, -0.2) is 52.3 Å². The van der Waals surface area contributed by atoms with Gasteiger partial charge in [0.1, 0.15) is 6.33 Å². The highest BCUT2D eigenvalue weighted by atomic mass is 35.5. The average Bonchev–Trinajstić information content (AvgIpc) is 3.38. The third-order valence-corrected chi connectivity index (χ3v) is 8.84. The number of aromatic nitrogens is 3. The summed E-state index contributed by atoms with van der Waals surface area (Å²) in [6.07, 6.45) is 5.91. The van der Waals surface area contributed by atoms with Crippen molar-refractivity contribution in [3.05, 3.63) is 41.2 Å². The molecule has 1 aliphatic carbocycles. The van der Waals surface area contributed by atoms with Gasteiger partial charge in [0.15, 0.2) is 0 Å². The van der Waals surface area contributed by atoms with Gasteiger partial charge in [0.2, 0.25) is 20.9 Å². The minimum Gasteiger partial charge on any atom is -0.342 e. The number of sulfone groups is 1. The molecule has 0 unspecified atom stereocenters. The number of aryl methyl sites for hydroxylation is 1. The molecule has 4 rings (SSSR count). The number of amides is 1. The highest BCUT2D eigenvalue weighted by Crippen LogP contribution is 2.43. The Bertz CT molecular complexity index is 989. The summed E-state index contributed by atoms with van der Waals surface area (Å²) >= 11 is 6.04. The van der Waals surface area contributed by atoms with E-state index in [0.29, 0.717) is 31.0 Å². The maximum Gasteiger partial charge on any atom is 0.249 e. The summed E-state index contributed by atoms with van der Waals surface area (Å²) in [4.78, 5) is 15.4. The Morgan fingerprint density at radius 2 is 1.76 bits per heavy atom. The molecule has 9 heteroatoms. The van der Waals surface area contributed by atoms with Gasteiger partial charge in [-0.05, 0) is 43.4 Å². The fourth-order valence-electron chi connectivity index (χ4n) is 4.72. The van der Waals surface area contributed by atoms with Gasteiger partial charge in [-0.25, -0.2) is 8.42 Å². The highest BCUT2D eigenvalue weighted by molar-refractivity contribution is 7.91. The first-order valence-electron chi connectivity index (χ1n) is 9.98. The maximum atomic E-state index is 13.6. The number of halogens is 1. The number of hydrogen-bond acceptors (Lipinski definition) is 5. The first kappa shape index (κ1) is 20.3. The van der Waals surface area contributed by atoms with Crippen molar-refractivity contribution in [1.29, 1.82) is 0 Å². The van der Waals surface area contributed by atoms with Crippen LogP contribution < -0.4 is 0 Å². The maximum absolute atomic E-state index is 13.6. The van der Waals surface area contributed by atoms with Crippen LogP contribution in [0.5, 0.6) is 0 Å². The molecule has 7 nitrogen and oxygen atoms in total. The van der Waals surface area contributed by atoms with E-state index in [9.17, 15) is 13.2 Å². The predicted molar refractivity (Wildman–Crippen MR) is 109 cm³/mol. The van der Waals surface area contributed by atoms with Gasteiger partial charge in [-0.3, -0.25) is 4.79 Å². The summed E-state index contributed by atoms with van der Waals surface area (Å²) in [7, 11) is -1.93. The molecule has 0 bridgehead atoms. The molecule has 0 radical (unpaired) electrons. The van der Waals surface area contributed by atoms with Crippen molar-refractivity contribution in [3.8, 4) is 0 Å². The smallest absolute Gasteiger partial charge is 0.249 e. The summed E-state index contributed by atoms with van der Waals surface area (Å²) in [6, 6.07) is 7.58. The largest absolute Gasteiger partial charge is 0.342 e. The second-order valence-electron chi connectivity index (χ2n) is 8.06. The minimum atomic E-state index is -3.55. The Hall–Kier alpha value is -1.93. The van der Waals surface area contributed by atoms with Gasteiger partial charge >= 0.3 is 0 Å². The minimum absolute atomic E-state index is 0.00398. The fraction of sp³-hybridized carbons (Fsp3) is 0.550. The molecule has 1 aromatic carbocycles. The molecule has 2 aliphatic rings. The molecule has 156 valence electrons. The van der Waals surface area contributed by atoms with Crippen LogP contribution in [0.1, 0.15) is 44.1 Å². The van der Waals surface area contributed by atoms with Crippen LogP contribution >= 0.6 is 11.6 Å². The highest BCUT2D eigenvalue weighted by Gasteiger charge is 2.46. The van der Waals surface area contributed by atoms with Gasteiger partial charge in [-0.2, -0.15) is 0 Å². The molecule has 1 amide bonds. The van der Waals surface area contributed by atoms with Gasteiger partial charge in [-0.15, -0.1) is 10.2 Å². The van der Waals surface area contributed by atoms with E-state index in [4.69, 9.17) is 11.6 Å². The van der Waals surface area contributed by atoms with E-state index >= 15 is 0 Å². The van der Waals surface area contributed by atoms with Gasteiger partial charge in [0, 0.05) is 25.2 Å². The quantitative estimate of drug-likeness (QED) is 0.735. The summed E-state index contributed by atoms with van der Waals surface area (Å²) in [6.45, 7) is 0.881. The molecule has 1 saturated carbocycles. The number of benzene rings is 1. The molecule has 1 aromatic heterocycles. The van der Waals surface area contributed by atoms with Crippen LogP contribution in [-0.2, 0) is 27.1 Å². The zero-order valence-corrected chi connectivity index (χ0v) is 18.0. The lowest BCUT2D eigenvalue weighted by atomic mass is 9.77. The molecule has 1 aliphatic heterocycles. The zero-order chi connectivity index (χ0) is 20.6. The molecule has 0 spiro atoms. The molecule has 0 atom stereocenters. The van der Waals surface area contributed by atoms with Crippen molar-refractivity contribution >= 4 is 27.3 Å². The third kappa shape index (κ3) is 3.57. The Labute approximate surface area is 176 Å². The number of hydrogen-bond donors (Lipinski definition) is 0. The number of likely N-dealkylation sites (tertiary alicyclic amines) is 1. The van der Waals surface area contributed by atoms with Crippen LogP contribution in [0.25, 0.3) is 0 Å². The average molecular weight is 437 g/mol. The van der Waals surface area contributed by atoms with E-state index in [0.717, 1.165) is 31.2 Å². The lowest BCUT2D eigenvalue weighted by molar-refractivity contribution is -0.138. The first-order valence-corrected chi connectivity index (χ1v) is 11.9. The Balaban J connectivity index is 1.51. The first-order chi connectivity index (χ1) is 13.8. The number of rotatable bonds is 4. The van der Waals surface area contributed by atoms with Crippen LogP contribution in [0.15, 0.2) is 35.7 Å².